The maximum Gasteiger partial charge on any atom is 0.290 e. The number of likely N-dealkylation sites (tertiary alicyclic amines) is 1. The van der Waals surface area contributed by atoms with Crippen LogP contribution in [0.3, 0.4) is 0 Å². The predicted octanol–water partition coefficient (Wildman–Crippen LogP) is -0.682. The molecular weight excluding hydrogens is 352 g/mol. The summed E-state index contributed by atoms with van der Waals surface area (Å²) in [4.78, 5) is 24.1. The zero-order valence-corrected chi connectivity index (χ0v) is 16.8. The van der Waals surface area contributed by atoms with Crippen molar-refractivity contribution in [1.82, 2.24) is 20.0 Å². The fourth-order valence-corrected chi connectivity index (χ4v) is 3.41. The summed E-state index contributed by atoms with van der Waals surface area (Å²) in [7, 11) is 2.21. The number of piperazine rings is 1. The van der Waals surface area contributed by atoms with E-state index in [4.69, 9.17) is 24.9 Å². The molecule has 2 aliphatic heterocycles. The Bertz CT molecular complexity index is 354. The molecule has 1 atom stereocenters. The number of likely N-dealkylation sites (N-methyl/N-ethyl adjacent to an activating group) is 1. The van der Waals surface area contributed by atoms with Gasteiger partial charge in [-0.3, -0.25) is 14.5 Å². The number of rotatable bonds is 7. The lowest BCUT2D eigenvalue weighted by molar-refractivity contribution is -0.123. The first-order valence-electron chi connectivity index (χ1n) is 9.63. The molecule has 9 heteroatoms. The van der Waals surface area contributed by atoms with E-state index in [1.165, 1.54) is 45.6 Å². The lowest BCUT2D eigenvalue weighted by Gasteiger charge is -2.35. The summed E-state index contributed by atoms with van der Waals surface area (Å²) >= 11 is 0. The largest absolute Gasteiger partial charge is 0.483 e. The molecule has 9 nitrogen and oxygen atoms in total. The maximum atomic E-state index is 8.97. The summed E-state index contributed by atoms with van der Waals surface area (Å²) in [6.07, 6.45) is 2.54. The highest BCUT2D eigenvalue weighted by Gasteiger charge is 2.20. The average Bonchev–Trinajstić information content (AvgIpc) is 2.65. The molecule has 0 spiro atoms. The number of carboxylic acid groups (broad SMARTS) is 2. The number of aliphatic hydroxyl groups excluding tert-OH is 1. The van der Waals surface area contributed by atoms with Gasteiger partial charge < -0.3 is 30.4 Å². The number of β-amino-alcohol motifs (C(OH)–C–C–N with tert-alkyl or cyclic N) is 1. The smallest absolute Gasteiger partial charge is 0.290 e. The molecule has 0 aliphatic carbocycles. The predicted molar refractivity (Wildman–Crippen MR) is 105 cm³/mol. The summed E-state index contributed by atoms with van der Waals surface area (Å²) in [5, 5.41) is 26.5. The van der Waals surface area contributed by atoms with Gasteiger partial charge in [0.25, 0.3) is 12.9 Å². The van der Waals surface area contributed by atoms with Gasteiger partial charge in [-0.25, -0.2) is 0 Å². The Morgan fingerprint density at radius 1 is 1.00 bits per heavy atom. The molecule has 0 aromatic heterocycles. The minimum Gasteiger partial charge on any atom is -0.483 e. The second kappa shape index (κ2) is 16.9. The quantitative estimate of drug-likeness (QED) is 0.419. The molecule has 27 heavy (non-hydrogen) atoms. The third-order valence-corrected chi connectivity index (χ3v) is 5.01. The number of carbonyl (C=O) groups is 2. The van der Waals surface area contributed by atoms with Crippen LogP contribution in [0, 0.1) is 5.92 Å². The fourth-order valence-electron chi connectivity index (χ4n) is 3.41. The second-order valence-corrected chi connectivity index (χ2v) is 7.13. The standard InChI is InChI=1S/C16H34N4O.2CH2O2/c1-15(14-20-9-7-18(2)8-10-20)17-13-16-3-5-19(6-4-16)11-12-21;2*2-1-3/h15-17,21H,3-14H2,1-2H3;2*1H,(H,2,3). The molecule has 4 N–H and O–H groups in total. The van der Waals surface area contributed by atoms with Gasteiger partial charge >= 0.3 is 0 Å². The number of piperidine rings is 1. The van der Waals surface area contributed by atoms with Crippen molar-refractivity contribution in [3.8, 4) is 0 Å². The topological polar surface area (TPSA) is 117 Å². The van der Waals surface area contributed by atoms with Gasteiger partial charge in [0.05, 0.1) is 6.61 Å². The van der Waals surface area contributed by atoms with Crippen LogP contribution in [-0.2, 0) is 9.59 Å². The monoisotopic (exact) mass is 390 g/mol. The molecule has 0 amide bonds. The van der Waals surface area contributed by atoms with Gasteiger partial charge in [0, 0.05) is 45.3 Å². The third-order valence-electron chi connectivity index (χ3n) is 5.01. The van der Waals surface area contributed by atoms with Gasteiger partial charge in [0.15, 0.2) is 0 Å². The summed E-state index contributed by atoms with van der Waals surface area (Å²) in [5.74, 6) is 0.815. The SMILES string of the molecule is CC(CN1CCN(C)CC1)NCC1CCN(CCO)CC1.O=CO.O=CO. The van der Waals surface area contributed by atoms with Crippen molar-refractivity contribution in [1.29, 1.82) is 0 Å². The summed E-state index contributed by atoms with van der Waals surface area (Å²) < 4.78 is 0. The Labute approximate surface area is 162 Å². The van der Waals surface area contributed by atoms with Crippen LogP contribution in [0.4, 0.5) is 0 Å². The molecule has 2 saturated heterocycles. The molecule has 0 bridgehead atoms. The van der Waals surface area contributed by atoms with Crippen molar-refractivity contribution in [2.24, 2.45) is 5.92 Å². The van der Waals surface area contributed by atoms with E-state index in [9.17, 15) is 0 Å². The Morgan fingerprint density at radius 2 is 1.52 bits per heavy atom. The molecule has 2 aliphatic rings. The molecular formula is C18H38N4O5. The van der Waals surface area contributed by atoms with Crippen molar-refractivity contribution in [3.05, 3.63) is 0 Å². The molecule has 0 radical (unpaired) electrons. The Hall–Kier alpha value is -1.26. The van der Waals surface area contributed by atoms with Crippen LogP contribution in [0.2, 0.25) is 0 Å². The van der Waals surface area contributed by atoms with Gasteiger partial charge in [-0.05, 0) is 52.4 Å². The van der Waals surface area contributed by atoms with Crippen molar-refractivity contribution in [3.63, 3.8) is 0 Å². The first kappa shape index (κ1) is 25.7. The van der Waals surface area contributed by atoms with Gasteiger partial charge in [0.2, 0.25) is 0 Å². The van der Waals surface area contributed by atoms with E-state index in [0.29, 0.717) is 12.6 Å². The average molecular weight is 391 g/mol. The molecule has 0 saturated carbocycles. The van der Waals surface area contributed by atoms with E-state index >= 15 is 0 Å². The Balaban J connectivity index is 0.000000997. The lowest BCUT2D eigenvalue weighted by Crippen LogP contribution is -2.49. The molecule has 160 valence electrons. The van der Waals surface area contributed by atoms with E-state index in [0.717, 1.165) is 32.1 Å². The lowest BCUT2D eigenvalue weighted by atomic mass is 9.96. The van der Waals surface area contributed by atoms with Gasteiger partial charge in [-0.2, -0.15) is 0 Å². The summed E-state index contributed by atoms with van der Waals surface area (Å²) in [6.45, 7) is 12.4. The zero-order valence-electron chi connectivity index (χ0n) is 16.8. The molecule has 2 rings (SSSR count). The van der Waals surface area contributed by atoms with Gasteiger partial charge in [-0.1, -0.05) is 0 Å². The minimum absolute atomic E-state index is 0.250. The number of nitrogens with one attached hydrogen (secondary N) is 1. The zero-order chi connectivity index (χ0) is 20.5. The highest BCUT2D eigenvalue weighted by molar-refractivity contribution is 5.33. The van der Waals surface area contributed by atoms with Crippen molar-refractivity contribution in [2.45, 2.75) is 25.8 Å². The van der Waals surface area contributed by atoms with Crippen molar-refractivity contribution < 1.29 is 24.9 Å². The van der Waals surface area contributed by atoms with Crippen LogP contribution in [0.25, 0.3) is 0 Å². The highest BCUT2D eigenvalue weighted by atomic mass is 16.3. The molecule has 1 unspecified atom stereocenters. The van der Waals surface area contributed by atoms with E-state index in [-0.39, 0.29) is 12.9 Å². The van der Waals surface area contributed by atoms with Gasteiger partial charge in [-0.15, -0.1) is 0 Å². The Morgan fingerprint density at radius 3 is 2.00 bits per heavy atom. The Kier molecular flexibility index (Phi) is 16.1. The van der Waals surface area contributed by atoms with Crippen LogP contribution in [0.1, 0.15) is 19.8 Å². The normalized spacial score (nSPS) is 20.6. The molecule has 2 fully saturated rings. The van der Waals surface area contributed by atoms with Crippen LogP contribution in [-0.4, -0.2) is 122 Å². The van der Waals surface area contributed by atoms with Crippen molar-refractivity contribution >= 4 is 12.9 Å². The van der Waals surface area contributed by atoms with Crippen molar-refractivity contribution in [2.75, 3.05) is 72.6 Å². The number of hydrogen-bond donors (Lipinski definition) is 4. The molecule has 2 heterocycles. The molecule has 0 aromatic carbocycles. The second-order valence-electron chi connectivity index (χ2n) is 7.13. The van der Waals surface area contributed by atoms with Crippen LogP contribution >= 0.6 is 0 Å². The third kappa shape index (κ3) is 13.5. The van der Waals surface area contributed by atoms with E-state index in [2.05, 4.69) is 34.0 Å². The van der Waals surface area contributed by atoms with E-state index < -0.39 is 0 Å². The first-order chi connectivity index (χ1) is 13.0. The maximum absolute atomic E-state index is 8.97. The van der Waals surface area contributed by atoms with Crippen LogP contribution < -0.4 is 5.32 Å². The minimum atomic E-state index is -0.250. The summed E-state index contributed by atoms with van der Waals surface area (Å²) in [6, 6.07) is 0.587. The number of nitrogens with zero attached hydrogens (tertiary/aromatic N) is 3. The first-order valence-corrected chi connectivity index (χ1v) is 9.63. The highest BCUT2D eigenvalue weighted by Crippen LogP contribution is 2.16. The summed E-state index contributed by atoms with van der Waals surface area (Å²) in [5.41, 5.74) is 0. The number of aliphatic hydroxyl groups is 1. The van der Waals surface area contributed by atoms with E-state index in [1.807, 2.05) is 0 Å². The van der Waals surface area contributed by atoms with Gasteiger partial charge in [0.1, 0.15) is 0 Å². The molecule has 0 aromatic rings. The van der Waals surface area contributed by atoms with Crippen LogP contribution in [0.5, 0.6) is 0 Å². The number of hydrogen-bond acceptors (Lipinski definition) is 7. The van der Waals surface area contributed by atoms with Crippen LogP contribution in [0.15, 0.2) is 0 Å². The fraction of sp³-hybridized carbons (Fsp3) is 0.889. The van der Waals surface area contributed by atoms with E-state index in [1.54, 1.807) is 0 Å².